The van der Waals surface area contributed by atoms with Gasteiger partial charge < -0.3 is 5.32 Å². The van der Waals surface area contributed by atoms with Gasteiger partial charge in [0.15, 0.2) is 0 Å². The second-order valence-electron chi connectivity index (χ2n) is 4.06. The van der Waals surface area contributed by atoms with Gasteiger partial charge in [0.1, 0.15) is 5.67 Å². The van der Waals surface area contributed by atoms with Crippen LogP contribution in [0.2, 0.25) is 0 Å². The molecule has 1 aliphatic heterocycles. The van der Waals surface area contributed by atoms with Crippen molar-refractivity contribution in [2.75, 3.05) is 13.1 Å². The maximum atomic E-state index is 14.2. The fraction of sp³-hybridized carbons (Fsp3) is 0.700. The molecule has 0 amide bonds. The zero-order chi connectivity index (χ0) is 10.0. The Morgan fingerprint density at radius 2 is 2.29 bits per heavy atom. The Morgan fingerprint density at radius 3 is 2.86 bits per heavy atom. The number of nitrogens with one attached hydrogen (secondary N) is 1. The van der Waals surface area contributed by atoms with Crippen molar-refractivity contribution in [2.45, 2.75) is 24.9 Å². The van der Waals surface area contributed by atoms with Crippen LogP contribution in [0.5, 0.6) is 0 Å². The lowest BCUT2D eigenvalue weighted by molar-refractivity contribution is 0.115. The van der Waals surface area contributed by atoms with E-state index in [0.717, 1.165) is 18.8 Å². The molecule has 1 aromatic rings. The third kappa shape index (κ3) is 2.12. The predicted octanol–water partition coefficient (Wildman–Crippen LogP) is 1.05. The summed E-state index contributed by atoms with van der Waals surface area (Å²) >= 11 is 0. The molecule has 1 N–H and O–H groups in total. The number of aromatic nitrogens is 2. The lowest BCUT2D eigenvalue weighted by Crippen LogP contribution is -2.40. The van der Waals surface area contributed by atoms with Crippen molar-refractivity contribution in [1.82, 2.24) is 15.1 Å². The zero-order valence-corrected chi connectivity index (χ0v) is 8.46. The van der Waals surface area contributed by atoms with Gasteiger partial charge in [0.2, 0.25) is 0 Å². The van der Waals surface area contributed by atoms with E-state index in [1.165, 1.54) is 0 Å². The summed E-state index contributed by atoms with van der Waals surface area (Å²) < 4.78 is 15.9. The van der Waals surface area contributed by atoms with Gasteiger partial charge in [-0.15, -0.1) is 0 Å². The van der Waals surface area contributed by atoms with Crippen molar-refractivity contribution in [2.24, 2.45) is 7.05 Å². The van der Waals surface area contributed by atoms with Gasteiger partial charge in [-0.1, -0.05) is 0 Å². The lowest BCUT2D eigenvalue weighted by atomic mass is 9.90. The van der Waals surface area contributed by atoms with E-state index in [2.05, 4.69) is 10.4 Å². The Bertz CT molecular complexity index is 302. The second kappa shape index (κ2) is 3.69. The number of rotatable bonds is 2. The number of hydrogen-bond acceptors (Lipinski definition) is 2. The summed E-state index contributed by atoms with van der Waals surface area (Å²) in [7, 11) is 1.86. The number of alkyl halides is 1. The van der Waals surface area contributed by atoms with Crippen molar-refractivity contribution in [3.05, 3.63) is 18.0 Å². The van der Waals surface area contributed by atoms with E-state index >= 15 is 0 Å². The molecule has 1 aliphatic rings. The van der Waals surface area contributed by atoms with Crippen LogP contribution >= 0.6 is 0 Å². The quantitative estimate of drug-likeness (QED) is 0.768. The van der Waals surface area contributed by atoms with Crippen LogP contribution < -0.4 is 5.32 Å². The highest BCUT2D eigenvalue weighted by molar-refractivity contribution is 5.05. The summed E-state index contributed by atoms with van der Waals surface area (Å²) in [5.74, 6) is 0. The van der Waals surface area contributed by atoms with Crippen LogP contribution in [0, 0.1) is 0 Å². The number of hydrogen-bond donors (Lipinski definition) is 1. The molecule has 0 aromatic carbocycles. The van der Waals surface area contributed by atoms with Gasteiger partial charge in [0.25, 0.3) is 0 Å². The number of piperidine rings is 1. The Hall–Kier alpha value is -0.900. The van der Waals surface area contributed by atoms with Crippen LogP contribution in [0.25, 0.3) is 0 Å². The lowest BCUT2D eigenvalue weighted by Gasteiger charge is -2.29. The van der Waals surface area contributed by atoms with Crippen LogP contribution in [-0.2, 0) is 13.5 Å². The first kappa shape index (κ1) is 9.65. The summed E-state index contributed by atoms with van der Waals surface area (Å²) in [5, 5.41) is 7.37. The van der Waals surface area contributed by atoms with E-state index in [4.69, 9.17) is 0 Å². The molecule has 2 heterocycles. The molecular formula is C10H16FN3. The fourth-order valence-electron chi connectivity index (χ4n) is 1.93. The van der Waals surface area contributed by atoms with Crippen LogP contribution in [0.1, 0.15) is 18.5 Å². The van der Waals surface area contributed by atoms with Crippen molar-refractivity contribution in [3.8, 4) is 0 Å². The Labute approximate surface area is 83.3 Å². The molecule has 1 saturated heterocycles. The van der Waals surface area contributed by atoms with Crippen molar-refractivity contribution in [1.29, 1.82) is 0 Å². The fourth-order valence-corrected chi connectivity index (χ4v) is 1.93. The Balaban J connectivity index is 2.01. The number of halogens is 1. The Kier molecular flexibility index (Phi) is 2.54. The van der Waals surface area contributed by atoms with Gasteiger partial charge in [-0.3, -0.25) is 4.68 Å². The number of nitrogens with zero attached hydrogens (tertiary/aromatic N) is 2. The maximum Gasteiger partial charge on any atom is 0.119 e. The second-order valence-corrected chi connectivity index (χ2v) is 4.06. The van der Waals surface area contributed by atoms with Gasteiger partial charge in [0.05, 0.1) is 5.69 Å². The van der Waals surface area contributed by atoms with Crippen molar-refractivity contribution in [3.63, 3.8) is 0 Å². The summed E-state index contributed by atoms with van der Waals surface area (Å²) in [5.41, 5.74) is -0.184. The van der Waals surface area contributed by atoms with E-state index in [0.29, 0.717) is 19.3 Å². The standard InChI is InChI=1S/C10H16FN3/c1-14-7-2-9(13-14)8-10(11)3-5-12-6-4-10/h2,7,12H,3-6,8H2,1H3. The molecule has 78 valence electrons. The van der Waals surface area contributed by atoms with Crippen LogP contribution in [0.3, 0.4) is 0 Å². The summed E-state index contributed by atoms with van der Waals surface area (Å²) in [6, 6.07) is 1.89. The average Bonchev–Trinajstić information content (AvgIpc) is 2.51. The molecule has 0 saturated carbocycles. The minimum absolute atomic E-state index is 0.454. The number of aryl methyl sites for hydroxylation is 1. The highest BCUT2D eigenvalue weighted by Gasteiger charge is 2.32. The highest BCUT2D eigenvalue weighted by Crippen LogP contribution is 2.26. The molecule has 0 radical (unpaired) electrons. The van der Waals surface area contributed by atoms with E-state index < -0.39 is 5.67 Å². The van der Waals surface area contributed by atoms with Gasteiger partial charge in [-0.2, -0.15) is 5.10 Å². The molecule has 0 bridgehead atoms. The molecule has 2 rings (SSSR count). The van der Waals surface area contributed by atoms with E-state index in [1.54, 1.807) is 4.68 Å². The maximum absolute atomic E-state index is 14.2. The molecule has 0 unspecified atom stereocenters. The minimum Gasteiger partial charge on any atom is -0.316 e. The van der Waals surface area contributed by atoms with E-state index in [-0.39, 0.29) is 0 Å². The van der Waals surface area contributed by atoms with Gasteiger partial charge >= 0.3 is 0 Å². The van der Waals surface area contributed by atoms with Crippen molar-refractivity contribution >= 4 is 0 Å². The van der Waals surface area contributed by atoms with Crippen LogP contribution in [-0.4, -0.2) is 28.5 Å². The third-order valence-electron chi connectivity index (χ3n) is 2.77. The molecule has 0 spiro atoms. The molecule has 0 atom stereocenters. The summed E-state index contributed by atoms with van der Waals surface area (Å²) in [6.45, 7) is 1.56. The SMILES string of the molecule is Cn1ccc(CC2(F)CCNCC2)n1. The first-order chi connectivity index (χ1) is 6.68. The third-order valence-corrected chi connectivity index (χ3v) is 2.77. The normalized spacial score (nSPS) is 21.0. The Morgan fingerprint density at radius 1 is 1.57 bits per heavy atom. The molecule has 4 heteroatoms. The first-order valence-corrected chi connectivity index (χ1v) is 5.06. The van der Waals surface area contributed by atoms with Crippen LogP contribution in [0.4, 0.5) is 4.39 Å². The molecule has 1 fully saturated rings. The average molecular weight is 197 g/mol. The van der Waals surface area contributed by atoms with E-state index in [9.17, 15) is 4.39 Å². The molecule has 14 heavy (non-hydrogen) atoms. The molecular weight excluding hydrogens is 181 g/mol. The molecule has 3 nitrogen and oxygen atoms in total. The zero-order valence-electron chi connectivity index (χ0n) is 8.46. The van der Waals surface area contributed by atoms with Gasteiger partial charge in [-0.25, -0.2) is 4.39 Å². The van der Waals surface area contributed by atoms with Gasteiger partial charge in [0, 0.05) is 19.7 Å². The summed E-state index contributed by atoms with van der Waals surface area (Å²) in [4.78, 5) is 0. The van der Waals surface area contributed by atoms with Gasteiger partial charge in [-0.05, 0) is 32.0 Å². The molecule has 1 aromatic heterocycles. The monoisotopic (exact) mass is 197 g/mol. The van der Waals surface area contributed by atoms with Crippen LogP contribution in [0.15, 0.2) is 12.3 Å². The minimum atomic E-state index is -1.04. The van der Waals surface area contributed by atoms with Crippen molar-refractivity contribution < 1.29 is 4.39 Å². The topological polar surface area (TPSA) is 29.9 Å². The largest absolute Gasteiger partial charge is 0.316 e. The smallest absolute Gasteiger partial charge is 0.119 e. The first-order valence-electron chi connectivity index (χ1n) is 5.06. The highest BCUT2D eigenvalue weighted by atomic mass is 19.1. The predicted molar refractivity (Wildman–Crippen MR) is 52.9 cm³/mol. The van der Waals surface area contributed by atoms with E-state index in [1.807, 2.05) is 19.3 Å². The molecule has 0 aliphatic carbocycles. The summed E-state index contributed by atoms with van der Waals surface area (Å²) in [6.07, 6.45) is 3.52.